The van der Waals surface area contributed by atoms with Crippen LogP contribution in [-0.2, 0) is 14.4 Å². The lowest BCUT2D eigenvalue weighted by Crippen LogP contribution is -2.31. The van der Waals surface area contributed by atoms with Gasteiger partial charge in [0, 0.05) is 0 Å². The number of rotatable bonds is 8. The second-order valence-electron chi connectivity index (χ2n) is 5.96. The molecule has 2 aliphatic rings. The van der Waals surface area contributed by atoms with Gasteiger partial charge in [-0.05, 0) is 55.3 Å². The molecular weight excluding hydrogens is 270 g/mol. The topological polar surface area (TPSA) is 88.3 Å². The van der Waals surface area contributed by atoms with Gasteiger partial charge in [-0.3, -0.25) is 0 Å². The predicted octanol–water partition coefficient (Wildman–Crippen LogP) is 1.66. The molecule has 0 spiro atoms. The van der Waals surface area contributed by atoms with Gasteiger partial charge in [0.1, 0.15) is 0 Å². The average molecular weight is 289 g/mol. The van der Waals surface area contributed by atoms with Gasteiger partial charge in [-0.1, -0.05) is 0 Å². The van der Waals surface area contributed by atoms with Crippen LogP contribution in [0.5, 0.6) is 0 Å². The largest absolute Gasteiger partial charge is 0.234 e. The predicted molar refractivity (Wildman–Crippen MR) is 74.9 cm³/mol. The Hall–Kier alpha value is -1.86. The van der Waals surface area contributed by atoms with Gasteiger partial charge in [0.25, 0.3) is 0 Å². The van der Waals surface area contributed by atoms with E-state index in [0.29, 0.717) is 49.2 Å². The molecule has 5 atom stereocenters. The van der Waals surface area contributed by atoms with Crippen molar-refractivity contribution in [2.45, 2.75) is 25.7 Å². The smallest absolute Gasteiger partial charge is 0.211 e. The zero-order chi connectivity index (χ0) is 15.1. The summed E-state index contributed by atoms with van der Waals surface area (Å²) in [6.45, 7) is 1.56. The van der Waals surface area contributed by atoms with E-state index in [1.54, 1.807) is 18.2 Å². The Morgan fingerprint density at radius 3 is 2.29 bits per heavy atom. The van der Waals surface area contributed by atoms with Crippen LogP contribution >= 0.6 is 0 Å². The quantitative estimate of drug-likeness (QED) is 0.387. The number of hydrogen-bond acceptors (Lipinski definition) is 6. The molecule has 0 saturated heterocycles. The van der Waals surface area contributed by atoms with Crippen molar-refractivity contribution in [2.75, 3.05) is 19.6 Å². The van der Waals surface area contributed by atoms with Crippen LogP contribution in [0.4, 0.5) is 0 Å². The van der Waals surface area contributed by atoms with E-state index in [0.717, 1.165) is 25.7 Å². The third-order valence-corrected chi connectivity index (χ3v) is 5.12. The Morgan fingerprint density at radius 2 is 1.57 bits per heavy atom. The van der Waals surface area contributed by atoms with E-state index in [1.165, 1.54) is 0 Å². The maximum atomic E-state index is 10.4. The zero-order valence-electron chi connectivity index (χ0n) is 11.9. The first-order valence-corrected chi connectivity index (χ1v) is 7.42. The highest BCUT2D eigenvalue weighted by Gasteiger charge is 2.51. The molecule has 0 N–H and O–H groups in total. The number of fused-ring (bicyclic) bond motifs is 2. The monoisotopic (exact) mass is 289 g/mol. The van der Waals surface area contributed by atoms with Gasteiger partial charge in [0.2, 0.25) is 18.2 Å². The molecule has 0 amide bonds. The summed E-state index contributed by atoms with van der Waals surface area (Å²) in [6.07, 6.45) is 8.86. The summed E-state index contributed by atoms with van der Waals surface area (Å²) in [4.78, 5) is 41.9. The van der Waals surface area contributed by atoms with Crippen molar-refractivity contribution in [2.24, 2.45) is 44.6 Å². The average Bonchev–Trinajstić information content (AvgIpc) is 3.05. The molecule has 0 aliphatic heterocycles. The number of isocyanates is 3. The van der Waals surface area contributed by atoms with Crippen molar-refractivity contribution in [1.29, 1.82) is 0 Å². The van der Waals surface area contributed by atoms with Gasteiger partial charge >= 0.3 is 0 Å². The Labute approximate surface area is 123 Å². The fourth-order valence-electron chi connectivity index (χ4n) is 4.42. The molecule has 112 valence electrons. The molecule has 6 heteroatoms. The van der Waals surface area contributed by atoms with Crippen LogP contribution in [0.15, 0.2) is 15.0 Å². The van der Waals surface area contributed by atoms with Gasteiger partial charge in [0.15, 0.2) is 0 Å². The Kier molecular flexibility index (Phi) is 5.77. The minimum absolute atomic E-state index is 0.359. The fraction of sp³-hybridized carbons (Fsp3) is 0.800. The van der Waals surface area contributed by atoms with E-state index >= 15 is 0 Å². The van der Waals surface area contributed by atoms with Crippen LogP contribution in [0, 0.1) is 29.6 Å². The number of nitrogens with zero attached hydrogens (tertiary/aromatic N) is 3. The van der Waals surface area contributed by atoms with E-state index in [4.69, 9.17) is 0 Å². The summed E-state index contributed by atoms with van der Waals surface area (Å²) < 4.78 is 0. The second kappa shape index (κ2) is 7.80. The van der Waals surface area contributed by atoms with Crippen LogP contribution in [-0.4, -0.2) is 37.9 Å². The Bertz CT molecular complexity index is 502. The van der Waals surface area contributed by atoms with Crippen LogP contribution in [0.3, 0.4) is 0 Å². The summed E-state index contributed by atoms with van der Waals surface area (Å²) in [6, 6.07) is 0. The molecule has 0 radical (unpaired) electrons. The maximum Gasteiger partial charge on any atom is 0.234 e. The minimum atomic E-state index is 0.359. The van der Waals surface area contributed by atoms with Crippen molar-refractivity contribution in [3.63, 3.8) is 0 Å². The first-order valence-electron chi connectivity index (χ1n) is 7.42. The van der Waals surface area contributed by atoms with E-state index in [1.807, 2.05) is 0 Å². The van der Waals surface area contributed by atoms with Crippen molar-refractivity contribution in [3.8, 4) is 0 Å². The van der Waals surface area contributed by atoms with E-state index in [2.05, 4.69) is 15.0 Å². The Morgan fingerprint density at radius 1 is 0.857 bits per heavy atom. The molecule has 2 bridgehead atoms. The van der Waals surface area contributed by atoms with E-state index in [9.17, 15) is 14.4 Å². The molecule has 2 aliphatic carbocycles. The van der Waals surface area contributed by atoms with Crippen molar-refractivity contribution in [1.82, 2.24) is 0 Å². The van der Waals surface area contributed by atoms with Gasteiger partial charge in [-0.2, -0.15) is 0 Å². The van der Waals surface area contributed by atoms with Crippen LogP contribution < -0.4 is 0 Å². The highest BCUT2D eigenvalue weighted by atomic mass is 16.1. The maximum absolute atomic E-state index is 10.4. The highest BCUT2D eigenvalue weighted by molar-refractivity contribution is 5.33. The summed E-state index contributed by atoms with van der Waals surface area (Å²) in [5, 5.41) is 0. The number of aliphatic imine (C=N–C) groups is 3. The molecule has 21 heavy (non-hydrogen) atoms. The molecule has 0 aromatic heterocycles. The van der Waals surface area contributed by atoms with Gasteiger partial charge in [-0.15, -0.1) is 0 Å². The summed E-state index contributed by atoms with van der Waals surface area (Å²) in [5.74, 6) is 2.37. The molecule has 5 unspecified atom stereocenters. The third-order valence-electron chi connectivity index (χ3n) is 5.12. The summed E-state index contributed by atoms with van der Waals surface area (Å²) in [5.41, 5.74) is 0. The molecule has 0 heterocycles. The zero-order valence-corrected chi connectivity index (χ0v) is 11.9. The molecule has 2 rings (SSSR count). The van der Waals surface area contributed by atoms with Crippen LogP contribution in [0.2, 0.25) is 0 Å². The molecule has 0 aromatic rings. The lowest BCUT2D eigenvalue weighted by Gasteiger charge is -2.34. The van der Waals surface area contributed by atoms with Gasteiger partial charge in [-0.25, -0.2) is 29.4 Å². The van der Waals surface area contributed by atoms with Crippen LogP contribution in [0.1, 0.15) is 25.7 Å². The Balaban J connectivity index is 1.99. The molecule has 2 saturated carbocycles. The second-order valence-corrected chi connectivity index (χ2v) is 5.96. The lowest BCUT2D eigenvalue weighted by molar-refractivity contribution is 0.161. The molecule has 2 fully saturated rings. The fourth-order valence-corrected chi connectivity index (χ4v) is 4.42. The SMILES string of the molecule is O=C=NCCCC1C2CC(CN=C=O)C(C2)C1CN=C=O. The standard InChI is InChI=1S/C15H19N3O3/c19-8-16-3-1-2-13-11-4-12(6-17-9-20)14(5-11)15(13)7-18-10-21/h11-15H,1-7H2. The normalized spacial score (nSPS) is 32.9. The molecular formula is C15H19N3O3. The van der Waals surface area contributed by atoms with Crippen LogP contribution in [0.25, 0.3) is 0 Å². The number of hydrogen-bond donors (Lipinski definition) is 0. The third kappa shape index (κ3) is 3.62. The van der Waals surface area contributed by atoms with E-state index < -0.39 is 0 Å². The van der Waals surface area contributed by atoms with Crippen molar-refractivity contribution >= 4 is 18.2 Å². The van der Waals surface area contributed by atoms with E-state index in [-0.39, 0.29) is 0 Å². The molecule has 6 nitrogen and oxygen atoms in total. The highest BCUT2D eigenvalue weighted by Crippen LogP contribution is 2.56. The van der Waals surface area contributed by atoms with Gasteiger partial charge in [0.05, 0.1) is 19.6 Å². The lowest BCUT2D eigenvalue weighted by atomic mass is 9.72. The summed E-state index contributed by atoms with van der Waals surface area (Å²) in [7, 11) is 0. The van der Waals surface area contributed by atoms with Crippen molar-refractivity contribution in [3.05, 3.63) is 0 Å². The first kappa shape index (κ1) is 15.5. The summed E-state index contributed by atoms with van der Waals surface area (Å²) >= 11 is 0. The van der Waals surface area contributed by atoms with Gasteiger partial charge < -0.3 is 0 Å². The van der Waals surface area contributed by atoms with Crippen molar-refractivity contribution < 1.29 is 14.4 Å². The minimum Gasteiger partial charge on any atom is -0.211 e. The first-order chi connectivity index (χ1) is 10.3. The number of carbonyl (C=O) groups excluding carboxylic acids is 3. The molecule has 0 aromatic carbocycles.